The van der Waals surface area contributed by atoms with Gasteiger partial charge in [-0.1, -0.05) is 29.8 Å². The predicted octanol–water partition coefficient (Wildman–Crippen LogP) is 2.90. The van der Waals surface area contributed by atoms with Gasteiger partial charge < -0.3 is 0 Å². The number of halogens is 3. The van der Waals surface area contributed by atoms with E-state index in [2.05, 4.69) is 0 Å². The third-order valence-corrected chi connectivity index (χ3v) is 7.29. The Labute approximate surface area is 87.9 Å². The van der Waals surface area contributed by atoms with Crippen molar-refractivity contribution in [2.24, 2.45) is 0 Å². The number of hydrogen-bond donors (Lipinski definition) is 0. The van der Waals surface area contributed by atoms with Crippen molar-refractivity contribution in [2.75, 3.05) is 5.50 Å². The molecule has 0 spiro atoms. The molecule has 0 radical (unpaired) electrons. The highest BCUT2D eigenvalue weighted by Gasteiger charge is 2.29. The molecule has 0 N–H and O–H groups in total. The van der Waals surface area contributed by atoms with E-state index in [4.69, 9.17) is 33.8 Å². The summed E-state index contributed by atoms with van der Waals surface area (Å²) in [6.07, 6.45) is 0. The SMILES string of the molecule is Cc1ccc([Si](Cl)(Cl)CCl)cc1. The van der Waals surface area contributed by atoms with E-state index in [1.807, 2.05) is 31.2 Å². The highest BCUT2D eigenvalue weighted by atomic mass is 35.7. The molecule has 0 bridgehead atoms. The Balaban J connectivity index is 2.96. The monoisotopic (exact) mass is 238 g/mol. The van der Waals surface area contributed by atoms with Gasteiger partial charge in [0.1, 0.15) is 0 Å². The van der Waals surface area contributed by atoms with Gasteiger partial charge in [-0.15, -0.1) is 33.8 Å². The number of hydrogen-bond acceptors (Lipinski definition) is 0. The van der Waals surface area contributed by atoms with Gasteiger partial charge in [0.25, 0.3) is 6.69 Å². The minimum absolute atomic E-state index is 0.333. The standard InChI is InChI=1S/C8H9Cl3Si/c1-7-2-4-8(5-3-7)12(10,11)6-9/h2-5H,6H2,1H3. The van der Waals surface area contributed by atoms with E-state index in [0.29, 0.717) is 5.50 Å². The highest BCUT2D eigenvalue weighted by molar-refractivity contribution is 7.52. The Morgan fingerprint density at radius 1 is 1.17 bits per heavy atom. The molecule has 0 saturated heterocycles. The van der Waals surface area contributed by atoms with Crippen LogP contribution in [0, 0.1) is 6.92 Å². The Kier molecular flexibility index (Phi) is 3.47. The van der Waals surface area contributed by atoms with Gasteiger partial charge in [0.05, 0.1) is 0 Å². The molecular formula is C8H9Cl3Si. The van der Waals surface area contributed by atoms with Crippen molar-refractivity contribution in [2.45, 2.75) is 6.92 Å². The molecule has 12 heavy (non-hydrogen) atoms. The fourth-order valence-electron chi connectivity index (χ4n) is 0.875. The zero-order chi connectivity index (χ0) is 9.19. The minimum atomic E-state index is -2.37. The van der Waals surface area contributed by atoms with Crippen LogP contribution >= 0.6 is 33.8 Å². The fourth-order valence-corrected chi connectivity index (χ4v) is 2.90. The van der Waals surface area contributed by atoms with Gasteiger partial charge in [-0.05, 0) is 12.1 Å². The first-order valence-corrected chi connectivity index (χ1v) is 8.34. The second-order valence-corrected chi connectivity index (χ2v) is 10.2. The van der Waals surface area contributed by atoms with Gasteiger partial charge in [-0.3, -0.25) is 0 Å². The molecule has 1 aromatic rings. The summed E-state index contributed by atoms with van der Waals surface area (Å²) in [5.74, 6) is 0. The molecule has 0 nitrogen and oxygen atoms in total. The molecule has 0 aromatic heterocycles. The summed E-state index contributed by atoms with van der Waals surface area (Å²) in [6, 6.07) is 7.89. The molecule has 0 aliphatic carbocycles. The van der Waals surface area contributed by atoms with Crippen molar-refractivity contribution in [1.29, 1.82) is 0 Å². The molecule has 1 rings (SSSR count). The second-order valence-electron chi connectivity index (χ2n) is 2.70. The van der Waals surface area contributed by atoms with E-state index in [0.717, 1.165) is 5.19 Å². The van der Waals surface area contributed by atoms with Crippen molar-refractivity contribution in [3.8, 4) is 0 Å². The lowest BCUT2D eigenvalue weighted by atomic mass is 10.2. The Morgan fingerprint density at radius 2 is 1.67 bits per heavy atom. The van der Waals surface area contributed by atoms with E-state index in [-0.39, 0.29) is 0 Å². The average Bonchev–Trinajstić information content (AvgIpc) is 2.05. The van der Waals surface area contributed by atoms with Gasteiger partial charge >= 0.3 is 0 Å². The largest absolute Gasteiger partial charge is 0.295 e. The van der Waals surface area contributed by atoms with Crippen LogP contribution in [-0.4, -0.2) is 12.2 Å². The van der Waals surface area contributed by atoms with Gasteiger partial charge in [-0.2, -0.15) is 0 Å². The third-order valence-electron chi connectivity index (χ3n) is 1.64. The van der Waals surface area contributed by atoms with Crippen molar-refractivity contribution in [1.82, 2.24) is 0 Å². The maximum atomic E-state index is 6.07. The summed E-state index contributed by atoms with van der Waals surface area (Å²) in [7, 11) is 0. The summed E-state index contributed by atoms with van der Waals surface area (Å²) in [5.41, 5.74) is 1.53. The molecule has 4 heteroatoms. The molecular weight excluding hydrogens is 231 g/mol. The maximum absolute atomic E-state index is 6.07. The zero-order valence-corrected chi connectivity index (χ0v) is 9.92. The van der Waals surface area contributed by atoms with Gasteiger partial charge in [-0.25, -0.2) is 0 Å². The van der Waals surface area contributed by atoms with E-state index in [1.165, 1.54) is 5.56 Å². The average molecular weight is 240 g/mol. The number of benzene rings is 1. The predicted molar refractivity (Wildman–Crippen MR) is 59.0 cm³/mol. The van der Waals surface area contributed by atoms with Crippen LogP contribution in [0.15, 0.2) is 24.3 Å². The Morgan fingerprint density at radius 3 is 2.08 bits per heavy atom. The third kappa shape index (κ3) is 2.40. The molecule has 0 atom stereocenters. The summed E-state index contributed by atoms with van der Waals surface area (Å²) in [5, 5.41) is 0.978. The van der Waals surface area contributed by atoms with Crippen LogP contribution < -0.4 is 5.19 Å². The highest BCUT2D eigenvalue weighted by Crippen LogP contribution is 2.16. The second kappa shape index (κ2) is 4.01. The van der Waals surface area contributed by atoms with Gasteiger partial charge in [0.2, 0.25) is 0 Å². The fraction of sp³-hybridized carbons (Fsp3) is 0.250. The van der Waals surface area contributed by atoms with Gasteiger partial charge in [0, 0.05) is 5.50 Å². The van der Waals surface area contributed by atoms with Crippen LogP contribution in [0.25, 0.3) is 0 Å². The molecule has 1 aromatic carbocycles. The lowest BCUT2D eigenvalue weighted by molar-refractivity contribution is 1.49. The summed E-state index contributed by atoms with van der Waals surface area (Å²) in [4.78, 5) is 0. The molecule has 0 unspecified atom stereocenters. The smallest absolute Gasteiger partial charge is 0.138 e. The molecule has 0 heterocycles. The normalized spacial score (nSPS) is 11.7. The topological polar surface area (TPSA) is 0 Å². The van der Waals surface area contributed by atoms with Crippen molar-refractivity contribution < 1.29 is 0 Å². The van der Waals surface area contributed by atoms with E-state index < -0.39 is 6.69 Å². The summed E-state index contributed by atoms with van der Waals surface area (Å²) in [6.45, 7) is -0.342. The van der Waals surface area contributed by atoms with Crippen LogP contribution in [0.5, 0.6) is 0 Å². The molecule has 66 valence electrons. The van der Waals surface area contributed by atoms with Crippen LogP contribution in [0.4, 0.5) is 0 Å². The van der Waals surface area contributed by atoms with E-state index >= 15 is 0 Å². The summed E-state index contributed by atoms with van der Waals surface area (Å²) >= 11 is 17.8. The number of aryl methyl sites for hydroxylation is 1. The number of alkyl halides is 1. The van der Waals surface area contributed by atoms with E-state index in [9.17, 15) is 0 Å². The van der Waals surface area contributed by atoms with Crippen LogP contribution in [0.2, 0.25) is 0 Å². The first-order valence-electron chi connectivity index (χ1n) is 3.57. The van der Waals surface area contributed by atoms with Crippen LogP contribution in [0.3, 0.4) is 0 Å². The minimum Gasteiger partial charge on any atom is -0.138 e. The lowest BCUT2D eigenvalue weighted by Gasteiger charge is -2.12. The van der Waals surface area contributed by atoms with Crippen LogP contribution in [-0.2, 0) is 0 Å². The molecule has 0 saturated carbocycles. The summed E-state index contributed by atoms with van der Waals surface area (Å²) < 4.78 is 0. The number of rotatable bonds is 2. The van der Waals surface area contributed by atoms with Gasteiger partial charge in [0.15, 0.2) is 0 Å². The molecule has 0 amide bonds. The quantitative estimate of drug-likeness (QED) is 0.423. The zero-order valence-electron chi connectivity index (χ0n) is 6.65. The lowest BCUT2D eigenvalue weighted by Crippen LogP contribution is -2.38. The first-order chi connectivity index (χ1) is 5.56. The van der Waals surface area contributed by atoms with Crippen molar-refractivity contribution in [3.63, 3.8) is 0 Å². The van der Waals surface area contributed by atoms with Crippen LogP contribution in [0.1, 0.15) is 5.56 Å². The maximum Gasteiger partial charge on any atom is 0.295 e. The molecule has 0 fully saturated rings. The van der Waals surface area contributed by atoms with E-state index in [1.54, 1.807) is 0 Å². The molecule has 0 aliphatic heterocycles. The molecule has 0 aliphatic rings. The van der Waals surface area contributed by atoms with Crippen molar-refractivity contribution in [3.05, 3.63) is 29.8 Å². The Hall–Kier alpha value is 0.307. The Bertz CT molecular complexity index is 256. The van der Waals surface area contributed by atoms with Crippen molar-refractivity contribution >= 4 is 45.6 Å². The first kappa shape index (κ1) is 10.4.